The van der Waals surface area contributed by atoms with Gasteiger partial charge in [0.2, 0.25) is 5.95 Å². The molecule has 2 aromatic carbocycles. The fourth-order valence-corrected chi connectivity index (χ4v) is 3.04. The second kappa shape index (κ2) is 8.01. The van der Waals surface area contributed by atoms with Gasteiger partial charge >= 0.3 is 0 Å². The van der Waals surface area contributed by atoms with Gasteiger partial charge in [0.05, 0.1) is 5.69 Å². The summed E-state index contributed by atoms with van der Waals surface area (Å²) in [6.45, 7) is 2.27. The molecule has 0 aliphatic carbocycles. The predicted octanol–water partition coefficient (Wildman–Crippen LogP) is 4.27. The largest absolute Gasteiger partial charge is 0.490 e. The maximum absolute atomic E-state index is 5.85. The van der Waals surface area contributed by atoms with Crippen LogP contribution < -0.4 is 10.1 Å². The highest BCUT2D eigenvalue weighted by molar-refractivity contribution is 5.63. The zero-order chi connectivity index (χ0) is 18.5. The van der Waals surface area contributed by atoms with E-state index in [0.717, 1.165) is 35.8 Å². The maximum atomic E-state index is 5.85. The van der Waals surface area contributed by atoms with Gasteiger partial charge in [0.15, 0.2) is 0 Å². The lowest BCUT2D eigenvalue weighted by atomic mass is 10.1. The molecule has 1 N–H and O–H groups in total. The average Bonchev–Trinajstić information content (AvgIpc) is 2.68. The number of benzene rings is 2. The molecular formula is C22H22N4O. The van der Waals surface area contributed by atoms with Gasteiger partial charge in [-0.15, -0.1) is 0 Å². The molecule has 0 amide bonds. The fraction of sp³-hybridized carbons (Fsp3) is 0.182. The Morgan fingerprint density at radius 1 is 1.04 bits per heavy atom. The quantitative estimate of drug-likeness (QED) is 0.608. The highest BCUT2D eigenvalue weighted by Crippen LogP contribution is 2.24. The van der Waals surface area contributed by atoms with Crippen LogP contribution in [-0.4, -0.2) is 35.1 Å². The van der Waals surface area contributed by atoms with E-state index in [1.165, 1.54) is 5.56 Å². The standard InChI is InChI=1S/C22H22N4O/c1-26-12-2-3-13-27-20-9-5-7-18(15-20)21-10-11-23-22(25-21)24-19-8-4-6-17(14-19)16-26/h2-11,14-15H,12-13,16H2,1H3,(H,23,24,25)/b3-2+. The first-order valence-corrected chi connectivity index (χ1v) is 9.02. The minimum atomic E-state index is 0.545. The Morgan fingerprint density at radius 3 is 2.93 bits per heavy atom. The van der Waals surface area contributed by atoms with E-state index in [-0.39, 0.29) is 0 Å². The van der Waals surface area contributed by atoms with Crippen molar-refractivity contribution in [3.05, 3.63) is 78.5 Å². The third-order valence-corrected chi connectivity index (χ3v) is 4.35. The molecule has 1 aliphatic heterocycles. The number of aromatic nitrogens is 2. The molecule has 1 aromatic heterocycles. The molecule has 6 bridgehead atoms. The minimum Gasteiger partial charge on any atom is -0.490 e. The third-order valence-electron chi connectivity index (χ3n) is 4.35. The maximum Gasteiger partial charge on any atom is 0.227 e. The van der Waals surface area contributed by atoms with Gasteiger partial charge in [0.1, 0.15) is 12.4 Å². The number of nitrogens with zero attached hydrogens (tertiary/aromatic N) is 3. The molecular weight excluding hydrogens is 336 g/mol. The smallest absolute Gasteiger partial charge is 0.227 e. The SMILES string of the molecule is CN1C/C=C/COc2cccc(c2)-c2ccnc(n2)Nc2cccc(c2)C1. The van der Waals surface area contributed by atoms with Crippen LogP contribution in [0, 0.1) is 0 Å². The number of ether oxygens (including phenoxy) is 1. The van der Waals surface area contributed by atoms with Gasteiger partial charge in [0, 0.05) is 30.5 Å². The van der Waals surface area contributed by atoms with E-state index < -0.39 is 0 Å². The number of likely N-dealkylation sites (N-methyl/N-ethyl adjacent to an activating group) is 1. The van der Waals surface area contributed by atoms with Crippen molar-refractivity contribution in [2.24, 2.45) is 0 Å². The molecule has 5 heteroatoms. The molecule has 0 atom stereocenters. The zero-order valence-corrected chi connectivity index (χ0v) is 15.3. The van der Waals surface area contributed by atoms with Crippen LogP contribution in [0.3, 0.4) is 0 Å². The topological polar surface area (TPSA) is 50.3 Å². The van der Waals surface area contributed by atoms with Crippen molar-refractivity contribution in [3.8, 4) is 17.0 Å². The van der Waals surface area contributed by atoms with Crippen LogP contribution in [-0.2, 0) is 6.54 Å². The summed E-state index contributed by atoms with van der Waals surface area (Å²) in [7, 11) is 2.11. The Hall–Kier alpha value is -3.18. The number of fused-ring (bicyclic) bond motifs is 7. The second-order valence-corrected chi connectivity index (χ2v) is 6.60. The number of hydrogen-bond acceptors (Lipinski definition) is 5. The van der Waals surface area contributed by atoms with Crippen LogP contribution in [0.4, 0.5) is 11.6 Å². The van der Waals surface area contributed by atoms with Crippen LogP contribution in [0.1, 0.15) is 5.56 Å². The summed E-state index contributed by atoms with van der Waals surface area (Å²) in [6.07, 6.45) is 5.97. The molecule has 1 aliphatic rings. The van der Waals surface area contributed by atoms with Gasteiger partial charge in [-0.25, -0.2) is 9.97 Å². The normalized spacial score (nSPS) is 15.9. The summed E-state index contributed by atoms with van der Waals surface area (Å²) in [5, 5.41) is 3.31. The van der Waals surface area contributed by atoms with Crippen molar-refractivity contribution < 1.29 is 4.74 Å². The lowest BCUT2D eigenvalue weighted by molar-refractivity contribution is 0.352. The van der Waals surface area contributed by atoms with E-state index in [1.54, 1.807) is 6.20 Å². The van der Waals surface area contributed by atoms with Crippen LogP contribution in [0.15, 0.2) is 72.9 Å². The van der Waals surface area contributed by atoms with Gasteiger partial charge < -0.3 is 10.1 Å². The number of hydrogen-bond donors (Lipinski definition) is 1. The van der Waals surface area contributed by atoms with Gasteiger partial charge in [0.25, 0.3) is 0 Å². The second-order valence-electron chi connectivity index (χ2n) is 6.60. The first-order chi connectivity index (χ1) is 13.3. The van der Waals surface area contributed by atoms with Crippen molar-refractivity contribution in [1.82, 2.24) is 14.9 Å². The first kappa shape index (κ1) is 17.2. The molecule has 0 radical (unpaired) electrons. The Bertz CT molecular complexity index is 954. The fourth-order valence-electron chi connectivity index (χ4n) is 3.04. The van der Waals surface area contributed by atoms with Gasteiger partial charge in [-0.3, -0.25) is 4.90 Å². The summed E-state index contributed by atoms with van der Waals surface area (Å²) >= 11 is 0. The number of nitrogens with one attached hydrogen (secondary N) is 1. The summed E-state index contributed by atoms with van der Waals surface area (Å²) in [5.74, 6) is 1.41. The lowest BCUT2D eigenvalue weighted by Crippen LogP contribution is -2.17. The van der Waals surface area contributed by atoms with Crippen LogP contribution >= 0.6 is 0 Å². The zero-order valence-electron chi connectivity index (χ0n) is 15.3. The Morgan fingerprint density at radius 2 is 1.96 bits per heavy atom. The molecule has 0 spiro atoms. The first-order valence-electron chi connectivity index (χ1n) is 9.02. The molecule has 27 heavy (non-hydrogen) atoms. The van der Waals surface area contributed by atoms with Gasteiger partial charge in [-0.1, -0.05) is 36.4 Å². The van der Waals surface area contributed by atoms with Crippen molar-refractivity contribution >= 4 is 11.6 Å². The molecule has 0 fully saturated rings. The van der Waals surface area contributed by atoms with E-state index >= 15 is 0 Å². The molecule has 5 nitrogen and oxygen atoms in total. The Labute approximate surface area is 159 Å². The van der Waals surface area contributed by atoms with Crippen LogP contribution in [0.2, 0.25) is 0 Å². The lowest BCUT2D eigenvalue weighted by Gasteiger charge is -2.15. The molecule has 0 saturated heterocycles. The van der Waals surface area contributed by atoms with E-state index in [9.17, 15) is 0 Å². The van der Waals surface area contributed by atoms with Gasteiger partial charge in [-0.2, -0.15) is 0 Å². The van der Waals surface area contributed by atoms with E-state index in [2.05, 4.69) is 57.6 Å². The number of anilines is 2. The molecule has 0 saturated carbocycles. The van der Waals surface area contributed by atoms with Crippen molar-refractivity contribution in [2.75, 3.05) is 25.5 Å². The molecule has 3 aromatic rings. The highest BCUT2D eigenvalue weighted by atomic mass is 16.5. The molecule has 2 heterocycles. The van der Waals surface area contributed by atoms with Crippen molar-refractivity contribution in [1.29, 1.82) is 0 Å². The average molecular weight is 358 g/mol. The minimum absolute atomic E-state index is 0.545. The van der Waals surface area contributed by atoms with Crippen LogP contribution in [0.25, 0.3) is 11.3 Å². The van der Waals surface area contributed by atoms with E-state index in [0.29, 0.717) is 12.6 Å². The Kier molecular flexibility index (Phi) is 5.12. The summed E-state index contributed by atoms with van der Waals surface area (Å²) in [6, 6.07) is 18.2. The van der Waals surface area contributed by atoms with Gasteiger partial charge in [-0.05, 0) is 42.9 Å². The molecule has 136 valence electrons. The van der Waals surface area contributed by atoms with Crippen LogP contribution in [0.5, 0.6) is 5.75 Å². The molecule has 4 rings (SSSR count). The van der Waals surface area contributed by atoms with E-state index in [1.807, 2.05) is 36.4 Å². The summed E-state index contributed by atoms with van der Waals surface area (Å²) in [5.41, 5.74) is 4.07. The monoisotopic (exact) mass is 358 g/mol. The Balaban J connectivity index is 1.71. The van der Waals surface area contributed by atoms with Crippen molar-refractivity contribution in [2.45, 2.75) is 6.54 Å². The molecule has 0 unspecified atom stereocenters. The van der Waals surface area contributed by atoms with Crippen molar-refractivity contribution in [3.63, 3.8) is 0 Å². The number of rotatable bonds is 0. The van der Waals surface area contributed by atoms with E-state index in [4.69, 9.17) is 4.74 Å². The summed E-state index contributed by atoms with van der Waals surface area (Å²) in [4.78, 5) is 11.3. The third kappa shape index (κ3) is 4.51. The highest BCUT2D eigenvalue weighted by Gasteiger charge is 2.06. The summed E-state index contributed by atoms with van der Waals surface area (Å²) < 4.78 is 5.85. The predicted molar refractivity (Wildman–Crippen MR) is 108 cm³/mol.